The molecular formula is C16H13ClF3N3O4. The number of anilines is 1. The first-order chi connectivity index (χ1) is 12.4. The van der Waals surface area contributed by atoms with Crippen LogP contribution in [0.2, 0.25) is 5.02 Å². The summed E-state index contributed by atoms with van der Waals surface area (Å²) in [5.41, 5.74) is 6.52. The zero-order valence-corrected chi connectivity index (χ0v) is 14.1. The van der Waals surface area contributed by atoms with E-state index in [1.165, 1.54) is 12.1 Å². The number of nitrogen functional groups attached to an aromatic ring is 1. The maximum Gasteiger partial charge on any atom is 0.490 e. The molecule has 0 aromatic heterocycles. The van der Waals surface area contributed by atoms with Gasteiger partial charge in [0.25, 0.3) is 5.91 Å². The summed E-state index contributed by atoms with van der Waals surface area (Å²) in [6.07, 6.45) is -5.08. The molecule has 2 rings (SSSR count). The summed E-state index contributed by atoms with van der Waals surface area (Å²) in [7, 11) is 0. The summed E-state index contributed by atoms with van der Waals surface area (Å²) in [5, 5.41) is 26.9. The van der Waals surface area contributed by atoms with Crippen LogP contribution in [0.25, 0.3) is 0 Å². The molecule has 0 saturated heterocycles. The second-order valence-corrected chi connectivity index (χ2v) is 5.29. The molecular weight excluding hydrogens is 391 g/mol. The summed E-state index contributed by atoms with van der Waals surface area (Å²) >= 11 is 5.75. The number of carbonyl (C=O) groups excluding carboxylic acids is 1. The summed E-state index contributed by atoms with van der Waals surface area (Å²) in [6, 6.07) is 11.0. The van der Waals surface area contributed by atoms with Crippen molar-refractivity contribution < 1.29 is 33.0 Å². The van der Waals surface area contributed by atoms with E-state index in [1.807, 2.05) is 0 Å². The summed E-state index contributed by atoms with van der Waals surface area (Å²) in [4.78, 5) is 20.9. The van der Waals surface area contributed by atoms with Crippen molar-refractivity contribution in [3.05, 3.63) is 58.6 Å². The van der Waals surface area contributed by atoms with Gasteiger partial charge in [-0.25, -0.2) is 4.79 Å². The molecule has 0 aliphatic carbocycles. The number of aromatic hydroxyl groups is 1. The smallest absolute Gasteiger partial charge is 0.490 e. The van der Waals surface area contributed by atoms with E-state index in [2.05, 4.69) is 5.32 Å². The SMILES string of the molecule is N=C(N)c1ccc(NC(=O)c2cccc(Cl)c2O)cc1.O=C(O)C(F)(F)F. The van der Waals surface area contributed by atoms with Gasteiger partial charge in [0.15, 0.2) is 0 Å². The number of rotatable bonds is 3. The lowest BCUT2D eigenvalue weighted by Gasteiger charge is -2.08. The Hall–Kier alpha value is -3.27. The van der Waals surface area contributed by atoms with Gasteiger partial charge in [-0.15, -0.1) is 0 Å². The van der Waals surface area contributed by atoms with Crippen molar-refractivity contribution in [1.29, 1.82) is 5.41 Å². The molecule has 0 fully saturated rings. The number of hydrogen-bond acceptors (Lipinski definition) is 4. The van der Waals surface area contributed by atoms with E-state index in [0.29, 0.717) is 11.3 Å². The van der Waals surface area contributed by atoms with Gasteiger partial charge in [0.2, 0.25) is 0 Å². The second-order valence-electron chi connectivity index (χ2n) is 4.88. The minimum absolute atomic E-state index is 0.0460. The number of halogens is 4. The number of alkyl halides is 3. The molecule has 0 heterocycles. The van der Waals surface area contributed by atoms with E-state index >= 15 is 0 Å². The number of amidine groups is 1. The quantitative estimate of drug-likeness (QED) is 0.396. The number of nitrogens with one attached hydrogen (secondary N) is 2. The van der Waals surface area contributed by atoms with E-state index in [4.69, 9.17) is 32.6 Å². The normalized spacial score (nSPS) is 10.4. The highest BCUT2D eigenvalue weighted by Gasteiger charge is 2.38. The second kappa shape index (κ2) is 8.90. The van der Waals surface area contributed by atoms with Gasteiger partial charge in [0.05, 0.1) is 10.6 Å². The lowest BCUT2D eigenvalue weighted by Crippen LogP contribution is -2.21. The predicted molar refractivity (Wildman–Crippen MR) is 92.2 cm³/mol. The lowest BCUT2D eigenvalue weighted by molar-refractivity contribution is -0.192. The van der Waals surface area contributed by atoms with E-state index in [-0.39, 0.29) is 22.2 Å². The Balaban J connectivity index is 0.000000445. The predicted octanol–water partition coefficient (Wildman–Crippen LogP) is 3.22. The molecule has 2 aromatic carbocycles. The van der Waals surface area contributed by atoms with E-state index < -0.39 is 18.1 Å². The number of hydrogen-bond donors (Lipinski definition) is 5. The zero-order chi connectivity index (χ0) is 20.8. The van der Waals surface area contributed by atoms with Gasteiger partial charge < -0.3 is 21.3 Å². The Labute approximate surface area is 155 Å². The van der Waals surface area contributed by atoms with Gasteiger partial charge in [-0.05, 0) is 36.4 Å². The van der Waals surface area contributed by atoms with Crippen LogP contribution in [0.15, 0.2) is 42.5 Å². The Kier molecular flexibility index (Phi) is 7.18. The average Bonchev–Trinajstić information content (AvgIpc) is 2.57. The topological polar surface area (TPSA) is 136 Å². The van der Waals surface area contributed by atoms with Gasteiger partial charge >= 0.3 is 12.1 Å². The van der Waals surface area contributed by atoms with Crippen molar-refractivity contribution in [3.8, 4) is 5.75 Å². The number of carboxylic acids is 1. The van der Waals surface area contributed by atoms with Crippen molar-refractivity contribution in [2.75, 3.05) is 5.32 Å². The number of phenols is 1. The molecule has 0 saturated carbocycles. The molecule has 6 N–H and O–H groups in total. The van der Waals surface area contributed by atoms with Crippen molar-refractivity contribution in [2.45, 2.75) is 6.18 Å². The number of aliphatic carboxylic acids is 1. The molecule has 0 spiro atoms. The van der Waals surface area contributed by atoms with Crippen LogP contribution in [0.1, 0.15) is 15.9 Å². The molecule has 0 radical (unpaired) electrons. The van der Waals surface area contributed by atoms with Gasteiger partial charge in [-0.3, -0.25) is 10.2 Å². The standard InChI is InChI=1S/C14H12ClN3O2.C2HF3O2/c15-11-3-1-2-10(12(11)19)14(20)18-9-6-4-8(5-7-9)13(16)17;3-2(4,5)1(6)7/h1-7,19H,(H3,16,17)(H,18,20);(H,6,7). The Morgan fingerprint density at radius 3 is 2.07 bits per heavy atom. The maximum atomic E-state index is 12.0. The summed E-state index contributed by atoms with van der Waals surface area (Å²) in [5.74, 6) is -3.53. The third kappa shape index (κ3) is 6.51. The molecule has 27 heavy (non-hydrogen) atoms. The van der Waals surface area contributed by atoms with Crippen LogP contribution < -0.4 is 11.1 Å². The first-order valence-electron chi connectivity index (χ1n) is 6.97. The van der Waals surface area contributed by atoms with Gasteiger partial charge in [0.1, 0.15) is 11.6 Å². The van der Waals surface area contributed by atoms with Crippen LogP contribution in [0.5, 0.6) is 5.75 Å². The highest BCUT2D eigenvalue weighted by atomic mass is 35.5. The highest BCUT2D eigenvalue weighted by molar-refractivity contribution is 6.32. The van der Waals surface area contributed by atoms with Crippen molar-refractivity contribution in [1.82, 2.24) is 0 Å². The van der Waals surface area contributed by atoms with E-state index in [0.717, 1.165) is 0 Å². The molecule has 11 heteroatoms. The van der Waals surface area contributed by atoms with Crippen LogP contribution in [0.4, 0.5) is 18.9 Å². The Morgan fingerprint density at radius 2 is 1.63 bits per heavy atom. The zero-order valence-electron chi connectivity index (χ0n) is 13.3. The first-order valence-corrected chi connectivity index (χ1v) is 7.34. The highest BCUT2D eigenvalue weighted by Crippen LogP contribution is 2.27. The molecule has 7 nitrogen and oxygen atoms in total. The molecule has 0 atom stereocenters. The molecule has 0 aliphatic heterocycles. The molecule has 0 bridgehead atoms. The maximum absolute atomic E-state index is 12.0. The fourth-order valence-corrected chi connectivity index (χ4v) is 1.80. The van der Waals surface area contributed by atoms with Crippen LogP contribution in [0, 0.1) is 5.41 Å². The summed E-state index contributed by atoms with van der Waals surface area (Å²) in [6.45, 7) is 0. The number of benzene rings is 2. The fourth-order valence-electron chi connectivity index (χ4n) is 1.63. The number of nitrogens with two attached hydrogens (primary N) is 1. The Morgan fingerprint density at radius 1 is 1.11 bits per heavy atom. The van der Waals surface area contributed by atoms with Crippen LogP contribution in [0.3, 0.4) is 0 Å². The number of carboxylic acid groups (broad SMARTS) is 1. The summed E-state index contributed by atoms with van der Waals surface area (Å²) < 4.78 is 31.7. The van der Waals surface area contributed by atoms with Crippen LogP contribution in [-0.4, -0.2) is 34.1 Å². The van der Waals surface area contributed by atoms with Crippen LogP contribution in [-0.2, 0) is 4.79 Å². The van der Waals surface area contributed by atoms with E-state index in [1.54, 1.807) is 30.3 Å². The molecule has 1 amide bonds. The number of phenolic OH excluding ortho intramolecular Hbond substituents is 1. The van der Waals surface area contributed by atoms with Gasteiger partial charge in [0, 0.05) is 11.3 Å². The van der Waals surface area contributed by atoms with Gasteiger partial charge in [-0.1, -0.05) is 17.7 Å². The molecule has 0 aliphatic rings. The number of para-hydroxylation sites is 1. The minimum Gasteiger partial charge on any atom is -0.506 e. The Bertz CT molecular complexity index is 855. The van der Waals surface area contributed by atoms with Gasteiger partial charge in [-0.2, -0.15) is 13.2 Å². The van der Waals surface area contributed by atoms with Crippen LogP contribution >= 0.6 is 11.6 Å². The van der Waals surface area contributed by atoms with Crippen molar-refractivity contribution in [2.24, 2.45) is 5.73 Å². The molecule has 144 valence electrons. The third-order valence-electron chi connectivity index (χ3n) is 2.93. The lowest BCUT2D eigenvalue weighted by atomic mass is 10.1. The molecule has 0 unspecified atom stereocenters. The van der Waals surface area contributed by atoms with Crippen molar-refractivity contribution >= 4 is 35.0 Å². The number of carbonyl (C=O) groups is 2. The number of amides is 1. The first kappa shape index (κ1) is 21.8. The molecule has 2 aromatic rings. The minimum atomic E-state index is -5.08. The van der Waals surface area contributed by atoms with E-state index in [9.17, 15) is 23.1 Å². The third-order valence-corrected chi connectivity index (χ3v) is 3.23. The monoisotopic (exact) mass is 403 g/mol. The van der Waals surface area contributed by atoms with Crippen molar-refractivity contribution in [3.63, 3.8) is 0 Å². The average molecular weight is 404 g/mol. The largest absolute Gasteiger partial charge is 0.506 e. The fraction of sp³-hybridized carbons (Fsp3) is 0.0625.